The molecule has 1 amide bonds. The van der Waals surface area contributed by atoms with Crippen molar-refractivity contribution in [2.24, 2.45) is 0 Å². The molecule has 1 unspecified atom stereocenters. The fourth-order valence-corrected chi connectivity index (χ4v) is 4.58. The number of hydrogen-bond acceptors (Lipinski definition) is 6. The number of carbonyl (C=O) groups excluding carboxylic acids is 2. The predicted octanol–water partition coefficient (Wildman–Crippen LogP) is 3.59. The predicted molar refractivity (Wildman–Crippen MR) is 123 cm³/mol. The number of benzene rings is 2. The third-order valence-corrected chi connectivity index (χ3v) is 6.35. The van der Waals surface area contributed by atoms with Gasteiger partial charge in [0.25, 0.3) is 5.91 Å². The van der Waals surface area contributed by atoms with Crippen LogP contribution in [0.3, 0.4) is 0 Å². The normalized spacial score (nSPS) is 18.2. The highest BCUT2D eigenvalue weighted by atomic mass is 35.5. The van der Waals surface area contributed by atoms with Crippen molar-refractivity contribution in [3.05, 3.63) is 58.3 Å². The molecule has 158 valence electrons. The van der Waals surface area contributed by atoms with Gasteiger partial charge in [-0.15, -0.1) is 0 Å². The van der Waals surface area contributed by atoms with Crippen LogP contribution < -0.4 is 10.2 Å². The zero-order valence-electron chi connectivity index (χ0n) is 16.6. The number of rotatable bonds is 3. The van der Waals surface area contributed by atoms with E-state index in [1.165, 1.54) is 4.57 Å². The van der Waals surface area contributed by atoms with Crippen molar-refractivity contribution in [1.29, 1.82) is 0 Å². The second-order valence-electron chi connectivity index (χ2n) is 7.68. The Morgan fingerprint density at radius 3 is 2.55 bits per heavy atom. The lowest BCUT2D eigenvalue weighted by Gasteiger charge is -2.36. The number of para-hydroxylation sites is 1. The lowest BCUT2D eigenvalue weighted by Crippen LogP contribution is -2.50. The fourth-order valence-electron chi connectivity index (χ4n) is 4.18. The Balaban J connectivity index is 1.26. The highest BCUT2D eigenvalue weighted by Gasteiger charge is 2.35. The molecule has 1 saturated heterocycles. The summed E-state index contributed by atoms with van der Waals surface area (Å²) in [5, 5.41) is 4.73. The van der Waals surface area contributed by atoms with Crippen LogP contribution in [0.25, 0.3) is 10.9 Å². The SMILES string of the molecule is O=C(CC1Nc2c3ccccc3nc(=S)n2C1=O)N1CCN(c2ccc(Cl)cc2)CC1. The average molecular weight is 454 g/mol. The highest BCUT2D eigenvalue weighted by molar-refractivity contribution is 7.71. The molecule has 3 aromatic rings. The Labute approximate surface area is 189 Å². The standard InChI is InChI=1S/C22H20ClN5O2S/c23-14-5-7-15(8-6-14)26-9-11-27(12-10-26)19(29)13-18-21(30)28-20(24-18)16-3-1-2-4-17(16)25-22(28)31/h1-8,18,24H,9-13H2. The Hall–Kier alpha value is -2.97. The molecule has 0 spiro atoms. The summed E-state index contributed by atoms with van der Waals surface area (Å²) in [6.45, 7) is 2.69. The summed E-state index contributed by atoms with van der Waals surface area (Å²) >= 11 is 11.3. The zero-order valence-corrected chi connectivity index (χ0v) is 18.2. The zero-order chi connectivity index (χ0) is 21.5. The Bertz CT molecular complexity index is 1230. The number of anilines is 2. The van der Waals surface area contributed by atoms with E-state index in [1.807, 2.05) is 53.4 Å². The highest BCUT2D eigenvalue weighted by Crippen LogP contribution is 2.29. The van der Waals surface area contributed by atoms with Gasteiger partial charge in [-0.3, -0.25) is 9.59 Å². The molecule has 2 aliphatic rings. The summed E-state index contributed by atoms with van der Waals surface area (Å²) in [6.07, 6.45) is 0.0879. The van der Waals surface area contributed by atoms with E-state index >= 15 is 0 Å². The maximum Gasteiger partial charge on any atom is 0.257 e. The topological polar surface area (TPSA) is 70.5 Å². The van der Waals surface area contributed by atoms with Gasteiger partial charge in [-0.2, -0.15) is 0 Å². The monoisotopic (exact) mass is 453 g/mol. The van der Waals surface area contributed by atoms with Crippen molar-refractivity contribution in [3.8, 4) is 0 Å². The summed E-state index contributed by atoms with van der Waals surface area (Å²) in [5.41, 5.74) is 1.82. The molecular weight excluding hydrogens is 434 g/mol. The van der Waals surface area contributed by atoms with Crippen LogP contribution in [0.15, 0.2) is 48.5 Å². The molecule has 1 atom stereocenters. The number of piperazine rings is 1. The quantitative estimate of drug-likeness (QED) is 0.611. The summed E-state index contributed by atoms with van der Waals surface area (Å²) in [6, 6.07) is 14.6. The lowest BCUT2D eigenvalue weighted by atomic mass is 10.1. The van der Waals surface area contributed by atoms with Gasteiger partial charge in [0.1, 0.15) is 11.9 Å². The van der Waals surface area contributed by atoms with Gasteiger partial charge in [0.05, 0.1) is 11.9 Å². The van der Waals surface area contributed by atoms with E-state index in [-0.39, 0.29) is 23.0 Å². The van der Waals surface area contributed by atoms with E-state index in [1.54, 1.807) is 0 Å². The first-order valence-electron chi connectivity index (χ1n) is 10.1. The van der Waals surface area contributed by atoms with Crippen LogP contribution in [0.5, 0.6) is 0 Å². The minimum absolute atomic E-state index is 0.0433. The fraction of sp³-hybridized carbons (Fsp3) is 0.273. The van der Waals surface area contributed by atoms with Gasteiger partial charge in [-0.1, -0.05) is 23.7 Å². The third-order valence-electron chi connectivity index (χ3n) is 5.82. The number of halogens is 1. The lowest BCUT2D eigenvalue weighted by molar-refractivity contribution is -0.131. The number of nitrogens with one attached hydrogen (secondary N) is 1. The van der Waals surface area contributed by atoms with E-state index in [0.29, 0.717) is 23.9 Å². The number of amides is 1. The first-order chi connectivity index (χ1) is 15.0. The van der Waals surface area contributed by atoms with Gasteiger partial charge in [0.2, 0.25) is 10.7 Å². The van der Waals surface area contributed by atoms with Crippen molar-refractivity contribution >= 4 is 58.0 Å². The van der Waals surface area contributed by atoms with E-state index in [2.05, 4.69) is 15.2 Å². The Kier molecular flexibility index (Phi) is 5.11. The third kappa shape index (κ3) is 3.66. The van der Waals surface area contributed by atoms with Gasteiger partial charge in [0, 0.05) is 42.3 Å². The first kappa shape index (κ1) is 20.0. The van der Waals surface area contributed by atoms with E-state index in [0.717, 1.165) is 29.7 Å². The van der Waals surface area contributed by atoms with E-state index < -0.39 is 6.04 Å². The maximum absolute atomic E-state index is 12.9. The second kappa shape index (κ2) is 7.94. The van der Waals surface area contributed by atoms with Crippen LogP contribution in [-0.4, -0.2) is 58.5 Å². The van der Waals surface area contributed by atoms with E-state index in [4.69, 9.17) is 23.8 Å². The summed E-state index contributed by atoms with van der Waals surface area (Å²) < 4.78 is 1.62. The van der Waals surface area contributed by atoms with Gasteiger partial charge in [0.15, 0.2) is 0 Å². The van der Waals surface area contributed by atoms with Crippen LogP contribution in [0, 0.1) is 4.77 Å². The van der Waals surface area contributed by atoms with Crippen LogP contribution >= 0.6 is 23.8 Å². The molecule has 0 saturated carbocycles. The van der Waals surface area contributed by atoms with Crippen molar-refractivity contribution in [3.63, 3.8) is 0 Å². The molecule has 0 radical (unpaired) electrons. The minimum Gasteiger partial charge on any atom is -0.368 e. The average Bonchev–Trinajstić information content (AvgIpc) is 3.11. The minimum atomic E-state index is -0.642. The van der Waals surface area contributed by atoms with Gasteiger partial charge < -0.3 is 15.1 Å². The van der Waals surface area contributed by atoms with Crippen molar-refractivity contribution in [2.45, 2.75) is 12.5 Å². The van der Waals surface area contributed by atoms with Gasteiger partial charge in [-0.25, -0.2) is 9.55 Å². The van der Waals surface area contributed by atoms with Crippen LogP contribution in [0.4, 0.5) is 11.5 Å². The summed E-state index contributed by atoms with van der Waals surface area (Å²) in [7, 11) is 0. The number of carbonyl (C=O) groups is 2. The Morgan fingerprint density at radius 1 is 1.10 bits per heavy atom. The molecule has 3 heterocycles. The molecule has 9 heteroatoms. The van der Waals surface area contributed by atoms with Crippen molar-refractivity contribution < 1.29 is 9.59 Å². The number of hydrogen-bond donors (Lipinski definition) is 1. The van der Waals surface area contributed by atoms with Crippen molar-refractivity contribution in [2.75, 3.05) is 36.4 Å². The molecule has 1 N–H and O–H groups in total. The molecule has 2 aliphatic heterocycles. The molecule has 31 heavy (non-hydrogen) atoms. The van der Waals surface area contributed by atoms with Crippen LogP contribution in [0.1, 0.15) is 11.2 Å². The summed E-state index contributed by atoms with van der Waals surface area (Å²) in [5.74, 6) is 0.343. The Morgan fingerprint density at radius 2 is 1.81 bits per heavy atom. The van der Waals surface area contributed by atoms with Gasteiger partial charge >= 0.3 is 0 Å². The molecule has 5 rings (SSSR count). The molecule has 7 nitrogen and oxygen atoms in total. The molecule has 1 aromatic heterocycles. The molecule has 2 aromatic carbocycles. The van der Waals surface area contributed by atoms with Gasteiger partial charge in [-0.05, 0) is 48.6 Å². The maximum atomic E-state index is 12.9. The molecule has 0 aliphatic carbocycles. The molecular formula is C22H20ClN5O2S. The number of nitrogens with zero attached hydrogens (tertiary/aromatic N) is 4. The molecule has 1 fully saturated rings. The smallest absolute Gasteiger partial charge is 0.257 e. The number of fused-ring (bicyclic) bond motifs is 3. The van der Waals surface area contributed by atoms with Crippen LogP contribution in [-0.2, 0) is 4.79 Å². The number of aromatic nitrogens is 2. The largest absolute Gasteiger partial charge is 0.368 e. The first-order valence-corrected chi connectivity index (χ1v) is 10.9. The second-order valence-corrected chi connectivity index (χ2v) is 8.48. The van der Waals surface area contributed by atoms with Crippen molar-refractivity contribution in [1.82, 2.24) is 14.5 Å². The molecule has 0 bridgehead atoms. The summed E-state index contributed by atoms with van der Waals surface area (Å²) in [4.78, 5) is 34.3. The van der Waals surface area contributed by atoms with Crippen LogP contribution in [0.2, 0.25) is 5.02 Å². The van der Waals surface area contributed by atoms with E-state index in [9.17, 15) is 9.59 Å².